The van der Waals surface area contributed by atoms with Gasteiger partial charge in [0.05, 0.1) is 23.0 Å². The van der Waals surface area contributed by atoms with Crippen molar-refractivity contribution in [1.82, 2.24) is 36.1 Å². The average Bonchev–Trinajstić information content (AvgIpc) is 3.22. The van der Waals surface area contributed by atoms with E-state index in [2.05, 4.69) is 56.9 Å². The van der Waals surface area contributed by atoms with Crippen LogP contribution in [-0.4, -0.2) is 122 Å². The summed E-state index contributed by atoms with van der Waals surface area (Å²) in [4.78, 5) is 82.9. The molecule has 19 heteroatoms. The number of ether oxygens (including phenoxy) is 2. The Labute approximate surface area is 374 Å². The molecule has 4 atom stereocenters. The summed E-state index contributed by atoms with van der Waals surface area (Å²) in [6, 6.07) is 7.10. The predicted octanol–water partition coefficient (Wildman–Crippen LogP) is 0.750. The van der Waals surface area contributed by atoms with Gasteiger partial charge in [-0.3, -0.25) is 24.0 Å². The smallest absolute Gasteiger partial charge is 0.255 e. The number of nitriles is 1. The highest BCUT2D eigenvalue weighted by Crippen LogP contribution is 2.40. The fourth-order valence-electron chi connectivity index (χ4n) is 7.72. The molecule has 344 valence electrons. The molecule has 0 aliphatic carbocycles. The second-order valence-electron chi connectivity index (χ2n) is 17.2. The zero-order chi connectivity index (χ0) is 46.9. The summed E-state index contributed by atoms with van der Waals surface area (Å²) >= 11 is 0. The van der Waals surface area contributed by atoms with E-state index in [9.17, 15) is 24.0 Å². The minimum atomic E-state index is -1.39. The Morgan fingerprint density at radius 2 is 1.55 bits per heavy atom. The topological polar surface area (TPSA) is 286 Å². The van der Waals surface area contributed by atoms with Crippen LogP contribution in [0.25, 0.3) is 11.1 Å². The van der Waals surface area contributed by atoms with Crippen LogP contribution in [0, 0.1) is 36.5 Å². The van der Waals surface area contributed by atoms with E-state index in [1.165, 1.54) is 18.9 Å². The van der Waals surface area contributed by atoms with Crippen LogP contribution < -0.4 is 52.8 Å². The SMILES string of the molecule is Cc1nc(N2CC(C(C)(C)C)C2)nc(C)c1C(=O)NC(CCN)C(=O)N(C)C1C(=O)NC(C)C(=O)NC(C(=O)NCC#N)Cc2ccc(OCCN)c(c2)-c2cc1ccc2OCCN. The lowest BCUT2D eigenvalue weighted by atomic mass is 9.76. The second-order valence-corrected chi connectivity index (χ2v) is 17.2. The minimum Gasteiger partial charge on any atom is -0.492 e. The molecule has 4 unspecified atom stereocenters. The molecule has 5 rings (SSSR count). The number of aryl methyl sites for hydroxylation is 2. The second kappa shape index (κ2) is 21.3. The van der Waals surface area contributed by atoms with Crippen molar-refractivity contribution in [2.24, 2.45) is 28.5 Å². The number of rotatable bonds is 15. The number of carbonyl (C=O) groups is 5. The molecule has 64 heavy (non-hydrogen) atoms. The molecule has 2 aromatic carbocycles. The normalized spacial score (nSPS) is 18.3. The Balaban J connectivity index is 1.56. The maximum absolute atomic E-state index is 14.7. The molecule has 2 aliphatic heterocycles. The van der Waals surface area contributed by atoms with E-state index in [0.717, 1.165) is 13.1 Å². The molecular formula is C45H62N12O7. The van der Waals surface area contributed by atoms with Crippen molar-refractivity contribution >= 4 is 35.5 Å². The maximum Gasteiger partial charge on any atom is 0.255 e. The van der Waals surface area contributed by atoms with Crippen LogP contribution in [0.4, 0.5) is 5.95 Å². The largest absolute Gasteiger partial charge is 0.492 e. The fourth-order valence-corrected chi connectivity index (χ4v) is 7.72. The highest BCUT2D eigenvalue weighted by Gasteiger charge is 2.39. The lowest BCUT2D eigenvalue weighted by Gasteiger charge is -2.46. The average molecular weight is 883 g/mol. The number of fused-ring (bicyclic) bond motifs is 5. The van der Waals surface area contributed by atoms with Crippen molar-refractivity contribution < 1.29 is 33.4 Å². The number of nitrogens with zero attached hydrogens (tertiary/aromatic N) is 5. The standard InChI is InChI=1S/C45H62N12O7/c1-25-37(26(2)53-44(52-25)57-23-30(24-57)45(4,5)6)41(60)54-33(12-13-46)43(62)56(7)38-29-9-11-36(64-19-16-49)32(22-29)31-20-28(8-10-35(31)63-18-15-48)21-34(40(59)50-17-14-47)55-39(58)27(3)51-42(38)61/h8-11,20,22,27,30,33-34,38H,12-13,15-19,21,23-24,46,48-49H2,1-7H3,(H,50,59)(H,51,61)(H,54,60)(H,55,58). The number of likely N-dealkylation sites (N-methyl/N-ethyl adjacent to an activating group) is 1. The Kier molecular flexibility index (Phi) is 16.2. The Morgan fingerprint density at radius 1 is 0.938 bits per heavy atom. The van der Waals surface area contributed by atoms with E-state index in [0.29, 0.717) is 57.0 Å². The Bertz CT molecular complexity index is 2230. The highest BCUT2D eigenvalue weighted by atomic mass is 16.5. The number of carbonyl (C=O) groups excluding carboxylic acids is 5. The molecule has 1 fully saturated rings. The third-order valence-electron chi connectivity index (χ3n) is 11.5. The monoisotopic (exact) mass is 882 g/mol. The van der Waals surface area contributed by atoms with Crippen LogP contribution >= 0.6 is 0 Å². The van der Waals surface area contributed by atoms with Gasteiger partial charge < -0.3 is 57.7 Å². The van der Waals surface area contributed by atoms with Gasteiger partial charge in [0.1, 0.15) is 55.4 Å². The van der Waals surface area contributed by atoms with Gasteiger partial charge in [-0.15, -0.1) is 0 Å². The molecule has 4 bridgehead atoms. The van der Waals surface area contributed by atoms with Gasteiger partial charge in [0.25, 0.3) is 5.91 Å². The molecule has 0 saturated carbocycles. The van der Waals surface area contributed by atoms with E-state index in [1.807, 2.05) is 6.07 Å². The first kappa shape index (κ1) is 48.7. The van der Waals surface area contributed by atoms with Crippen LogP contribution in [0.1, 0.15) is 73.0 Å². The van der Waals surface area contributed by atoms with Crippen molar-refractivity contribution in [3.63, 3.8) is 0 Å². The van der Waals surface area contributed by atoms with Crippen LogP contribution in [-0.2, 0) is 25.6 Å². The van der Waals surface area contributed by atoms with E-state index < -0.39 is 53.7 Å². The van der Waals surface area contributed by atoms with Crippen molar-refractivity contribution in [2.75, 3.05) is 64.4 Å². The van der Waals surface area contributed by atoms with Gasteiger partial charge in [-0.25, -0.2) is 9.97 Å². The van der Waals surface area contributed by atoms with Crippen LogP contribution in [0.2, 0.25) is 0 Å². The summed E-state index contributed by atoms with van der Waals surface area (Å²) in [5, 5.41) is 19.9. The quantitative estimate of drug-likeness (QED) is 0.104. The van der Waals surface area contributed by atoms with Gasteiger partial charge in [0, 0.05) is 50.8 Å². The van der Waals surface area contributed by atoms with E-state index in [4.69, 9.17) is 31.9 Å². The summed E-state index contributed by atoms with van der Waals surface area (Å²) in [5.74, 6) is -1.50. The fraction of sp³-hybridized carbons (Fsp3) is 0.511. The van der Waals surface area contributed by atoms with Crippen molar-refractivity contribution in [1.29, 1.82) is 5.26 Å². The lowest BCUT2D eigenvalue weighted by molar-refractivity contribution is -0.141. The van der Waals surface area contributed by atoms with Gasteiger partial charge >= 0.3 is 0 Å². The molecular weight excluding hydrogens is 821 g/mol. The highest BCUT2D eigenvalue weighted by molar-refractivity contribution is 6.00. The summed E-state index contributed by atoms with van der Waals surface area (Å²) < 4.78 is 12.2. The summed E-state index contributed by atoms with van der Waals surface area (Å²) in [6.07, 6.45) is 0.0222. The zero-order valence-corrected chi connectivity index (χ0v) is 37.7. The molecule has 0 radical (unpaired) electrons. The van der Waals surface area contributed by atoms with Crippen LogP contribution in [0.15, 0.2) is 36.4 Å². The first-order valence-electron chi connectivity index (χ1n) is 21.5. The van der Waals surface area contributed by atoms with Crippen molar-refractivity contribution in [3.8, 4) is 28.7 Å². The third-order valence-corrected chi connectivity index (χ3v) is 11.5. The maximum atomic E-state index is 14.7. The number of nitrogens with two attached hydrogens (primary N) is 3. The van der Waals surface area contributed by atoms with Gasteiger partial charge in [-0.1, -0.05) is 32.9 Å². The van der Waals surface area contributed by atoms with Crippen LogP contribution in [0.3, 0.4) is 0 Å². The van der Waals surface area contributed by atoms with Gasteiger partial charge in [0.2, 0.25) is 29.6 Å². The predicted molar refractivity (Wildman–Crippen MR) is 240 cm³/mol. The van der Waals surface area contributed by atoms with Gasteiger partial charge in [-0.05, 0) is 80.5 Å². The zero-order valence-electron chi connectivity index (χ0n) is 37.7. The van der Waals surface area contributed by atoms with Crippen LogP contribution in [0.5, 0.6) is 11.5 Å². The van der Waals surface area contributed by atoms with E-state index in [1.54, 1.807) is 50.2 Å². The Morgan fingerprint density at radius 3 is 2.12 bits per heavy atom. The van der Waals surface area contributed by atoms with Gasteiger partial charge in [-0.2, -0.15) is 5.26 Å². The summed E-state index contributed by atoms with van der Waals surface area (Å²) in [6.45, 7) is 13.5. The van der Waals surface area contributed by atoms with Crippen molar-refractivity contribution in [3.05, 3.63) is 64.5 Å². The molecule has 19 nitrogen and oxygen atoms in total. The summed E-state index contributed by atoms with van der Waals surface area (Å²) in [5.41, 5.74) is 20.8. The first-order valence-corrected chi connectivity index (χ1v) is 21.5. The molecule has 2 aliphatic rings. The van der Waals surface area contributed by atoms with Gasteiger partial charge in [0.15, 0.2) is 0 Å². The number of hydrogen-bond acceptors (Lipinski definition) is 14. The molecule has 5 amide bonds. The number of hydrogen-bond donors (Lipinski definition) is 7. The molecule has 10 N–H and O–H groups in total. The number of anilines is 1. The molecule has 1 aromatic heterocycles. The molecule has 1 saturated heterocycles. The molecule has 3 heterocycles. The number of aromatic nitrogens is 2. The third kappa shape index (κ3) is 11.4. The molecule has 0 spiro atoms. The van der Waals surface area contributed by atoms with E-state index >= 15 is 0 Å². The number of nitrogens with one attached hydrogen (secondary N) is 4. The lowest BCUT2D eigenvalue weighted by Crippen LogP contribution is -2.56. The molecule has 3 aromatic rings. The van der Waals surface area contributed by atoms with Crippen molar-refractivity contribution in [2.45, 2.75) is 78.6 Å². The summed E-state index contributed by atoms with van der Waals surface area (Å²) in [7, 11) is 1.42. The van der Waals surface area contributed by atoms with E-state index in [-0.39, 0.29) is 63.2 Å². The first-order chi connectivity index (χ1) is 30.4. The minimum absolute atomic E-state index is 0.00621. The number of benzene rings is 2. The number of amides is 5. The Hall–Kier alpha value is -6.36.